The van der Waals surface area contributed by atoms with Gasteiger partial charge < -0.3 is 19.0 Å². The van der Waals surface area contributed by atoms with Crippen LogP contribution in [0.1, 0.15) is 27.7 Å². The maximum absolute atomic E-state index is 6.18. The standard InChI is InChI=1S/C17H21Cl4NO4/c1-11(22-26-17(2,3)4)23-7-8-25-16-13(18)9-12(10-14(16)19)24-6-5-15(20)21/h5,9-10H,6-8H2,1-4H3. The van der Waals surface area contributed by atoms with Gasteiger partial charge in [0.15, 0.2) is 5.75 Å². The van der Waals surface area contributed by atoms with Gasteiger partial charge in [0, 0.05) is 19.1 Å². The lowest BCUT2D eigenvalue weighted by atomic mass is 10.2. The molecule has 0 radical (unpaired) electrons. The monoisotopic (exact) mass is 443 g/mol. The summed E-state index contributed by atoms with van der Waals surface area (Å²) in [6, 6.07) is 3.17. The van der Waals surface area contributed by atoms with Crippen LogP contribution in [0, 0.1) is 0 Å². The fourth-order valence-corrected chi connectivity index (χ4v) is 2.22. The molecule has 0 saturated carbocycles. The van der Waals surface area contributed by atoms with Crippen LogP contribution in [0.15, 0.2) is 27.9 Å². The normalized spacial score (nSPS) is 11.8. The molecule has 0 bridgehead atoms. The lowest BCUT2D eigenvalue weighted by Gasteiger charge is -2.16. The summed E-state index contributed by atoms with van der Waals surface area (Å²) in [7, 11) is 0. The number of hydrogen-bond acceptors (Lipinski definition) is 5. The van der Waals surface area contributed by atoms with Crippen molar-refractivity contribution in [1.29, 1.82) is 0 Å². The predicted octanol–water partition coefficient (Wildman–Crippen LogP) is 6.24. The quantitative estimate of drug-likeness (QED) is 0.206. The number of ether oxygens (including phenoxy) is 3. The molecular weight excluding hydrogens is 424 g/mol. The number of benzene rings is 1. The second-order valence-corrected chi connectivity index (χ2v) is 7.85. The first-order chi connectivity index (χ1) is 12.1. The molecule has 0 amide bonds. The summed E-state index contributed by atoms with van der Waals surface area (Å²) in [6.45, 7) is 8.05. The molecule has 0 aromatic heterocycles. The molecule has 0 spiro atoms. The molecule has 0 fully saturated rings. The van der Waals surface area contributed by atoms with E-state index in [0.717, 1.165) is 0 Å². The predicted molar refractivity (Wildman–Crippen MR) is 107 cm³/mol. The van der Waals surface area contributed by atoms with Crippen LogP contribution in [0.5, 0.6) is 11.5 Å². The summed E-state index contributed by atoms with van der Waals surface area (Å²) < 4.78 is 16.5. The maximum Gasteiger partial charge on any atom is 0.222 e. The summed E-state index contributed by atoms with van der Waals surface area (Å²) >= 11 is 23.4. The highest BCUT2D eigenvalue weighted by atomic mass is 35.5. The third-order valence-electron chi connectivity index (χ3n) is 2.55. The zero-order chi connectivity index (χ0) is 19.7. The Bertz CT molecular complexity index is 630. The van der Waals surface area contributed by atoms with E-state index in [1.165, 1.54) is 6.08 Å². The van der Waals surface area contributed by atoms with Crippen molar-refractivity contribution in [3.8, 4) is 11.5 Å². The molecule has 1 aromatic rings. The molecule has 146 valence electrons. The van der Waals surface area contributed by atoms with E-state index in [0.29, 0.717) is 27.4 Å². The second-order valence-electron chi connectivity index (χ2n) is 6.03. The van der Waals surface area contributed by atoms with E-state index in [2.05, 4.69) is 5.16 Å². The maximum atomic E-state index is 6.18. The van der Waals surface area contributed by atoms with E-state index in [1.807, 2.05) is 20.8 Å². The number of oxime groups is 1. The molecule has 0 aliphatic carbocycles. The first-order valence-corrected chi connectivity index (χ1v) is 9.21. The third-order valence-corrected chi connectivity index (χ3v) is 3.42. The molecule has 0 aliphatic rings. The van der Waals surface area contributed by atoms with Crippen LogP contribution in [-0.2, 0) is 9.57 Å². The fourth-order valence-electron chi connectivity index (χ4n) is 1.52. The van der Waals surface area contributed by atoms with Crippen LogP contribution in [0.4, 0.5) is 0 Å². The van der Waals surface area contributed by atoms with Gasteiger partial charge in [0.05, 0.1) is 10.0 Å². The SMILES string of the molecule is CC(=NOC(C)(C)C)OCCOc1c(Cl)cc(OCC=C(Cl)Cl)cc1Cl. The van der Waals surface area contributed by atoms with E-state index in [4.69, 9.17) is 65.5 Å². The molecule has 0 aliphatic heterocycles. The average Bonchev–Trinajstić information content (AvgIpc) is 2.50. The molecule has 5 nitrogen and oxygen atoms in total. The Hall–Kier alpha value is -1.01. The van der Waals surface area contributed by atoms with Crippen LogP contribution in [0.25, 0.3) is 0 Å². The lowest BCUT2D eigenvalue weighted by molar-refractivity contribution is -0.00426. The van der Waals surface area contributed by atoms with Crippen molar-refractivity contribution in [3.63, 3.8) is 0 Å². The Morgan fingerprint density at radius 2 is 1.69 bits per heavy atom. The largest absolute Gasteiger partial charge is 0.489 e. The Morgan fingerprint density at radius 1 is 1.08 bits per heavy atom. The first-order valence-electron chi connectivity index (χ1n) is 7.70. The van der Waals surface area contributed by atoms with Crippen LogP contribution in [-0.4, -0.2) is 31.3 Å². The highest BCUT2D eigenvalue weighted by molar-refractivity contribution is 6.55. The van der Waals surface area contributed by atoms with Gasteiger partial charge in [-0.05, 0) is 26.8 Å². The van der Waals surface area contributed by atoms with Gasteiger partial charge in [-0.25, -0.2) is 0 Å². The average molecular weight is 445 g/mol. The van der Waals surface area contributed by atoms with Crippen molar-refractivity contribution in [2.75, 3.05) is 19.8 Å². The zero-order valence-corrected chi connectivity index (χ0v) is 18.0. The Morgan fingerprint density at radius 3 is 2.23 bits per heavy atom. The summed E-state index contributed by atoms with van der Waals surface area (Å²) in [5.41, 5.74) is -0.378. The molecule has 0 saturated heterocycles. The molecule has 26 heavy (non-hydrogen) atoms. The fraction of sp³-hybridized carbons (Fsp3) is 0.471. The molecular formula is C17H21Cl4NO4. The van der Waals surface area contributed by atoms with Gasteiger partial charge in [0.1, 0.15) is 35.7 Å². The lowest BCUT2D eigenvalue weighted by Crippen LogP contribution is -2.18. The molecule has 0 N–H and O–H groups in total. The summed E-state index contributed by atoms with van der Waals surface area (Å²) in [5.74, 6) is 1.21. The van der Waals surface area contributed by atoms with Crippen molar-refractivity contribution in [2.45, 2.75) is 33.3 Å². The number of nitrogens with zero attached hydrogens (tertiary/aromatic N) is 1. The van der Waals surface area contributed by atoms with Crippen molar-refractivity contribution in [1.82, 2.24) is 0 Å². The molecule has 9 heteroatoms. The van der Waals surface area contributed by atoms with Gasteiger partial charge in [-0.2, -0.15) is 0 Å². The zero-order valence-electron chi connectivity index (χ0n) is 14.9. The molecule has 1 aromatic carbocycles. The highest BCUT2D eigenvalue weighted by Gasteiger charge is 2.12. The van der Waals surface area contributed by atoms with Crippen molar-refractivity contribution >= 4 is 52.3 Å². The smallest absolute Gasteiger partial charge is 0.222 e. The number of hydrogen-bond donors (Lipinski definition) is 0. The van der Waals surface area contributed by atoms with Gasteiger partial charge >= 0.3 is 0 Å². The highest BCUT2D eigenvalue weighted by Crippen LogP contribution is 2.37. The van der Waals surface area contributed by atoms with Crippen LogP contribution in [0.2, 0.25) is 10.0 Å². The molecule has 1 rings (SSSR count). The van der Waals surface area contributed by atoms with Gasteiger partial charge in [-0.15, -0.1) is 0 Å². The van der Waals surface area contributed by atoms with Crippen LogP contribution < -0.4 is 9.47 Å². The Labute approximate surface area is 173 Å². The van der Waals surface area contributed by atoms with Crippen LogP contribution >= 0.6 is 46.4 Å². The van der Waals surface area contributed by atoms with Gasteiger partial charge in [-0.3, -0.25) is 0 Å². The van der Waals surface area contributed by atoms with E-state index < -0.39 is 0 Å². The van der Waals surface area contributed by atoms with E-state index >= 15 is 0 Å². The van der Waals surface area contributed by atoms with Gasteiger partial charge in [0.25, 0.3) is 0 Å². The van der Waals surface area contributed by atoms with E-state index in [1.54, 1.807) is 19.1 Å². The number of halogens is 4. The van der Waals surface area contributed by atoms with E-state index in [9.17, 15) is 0 Å². The minimum atomic E-state index is -0.378. The van der Waals surface area contributed by atoms with E-state index in [-0.39, 0.29) is 29.9 Å². The summed E-state index contributed by atoms with van der Waals surface area (Å²) in [4.78, 5) is 5.25. The minimum Gasteiger partial charge on any atom is -0.489 e. The number of rotatable bonds is 8. The Balaban J connectivity index is 2.51. The van der Waals surface area contributed by atoms with Crippen LogP contribution in [0.3, 0.4) is 0 Å². The van der Waals surface area contributed by atoms with Crippen molar-refractivity contribution in [3.05, 3.63) is 32.7 Å². The second kappa shape index (κ2) is 11.0. The van der Waals surface area contributed by atoms with Crippen molar-refractivity contribution < 1.29 is 19.0 Å². The molecule has 0 atom stereocenters. The summed E-state index contributed by atoms with van der Waals surface area (Å²) in [6.07, 6.45) is 1.50. The Kier molecular flexibility index (Phi) is 9.72. The third kappa shape index (κ3) is 9.62. The molecule has 0 unspecified atom stereocenters. The van der Waals surface area contributed by atoms with Gasteiger partial charge in [0.2, 0.25) is 5.90 Å². The molecule has 0 heterocycles. The topological polar surface area (TPSA) is 49.3 Å². The van der Waals surface area contributed by atoms with Gasteiger partial charge in [-0.1, -0.05) is 51.6 Å². The first kappa shape index (κ1) is 23.0. The summed E-state index contributed by atoms with van der Waals surface area (Å²) in [5, 5.41) is 4.50. The van der Waals surface area contributed by atoms with Crippen molar-refractivity contribution in [2.24, 2.45) is 5.16 Å². The minimum absolute atomic E-state index is 0.119.